The minimum Gasteiger partial charge on any atom is -0.435 e. The molecule has 120 valence electrons. The number of hydrogen-bond donors (Lipinski definition) is 2. The monoisotopic (exact) mass is 318 g/mol. The van der Waals surface area contributed by atoms with Gasteiger partial charge in [0.25, 0.3) is 0 Å². The van der Waals surface area contributed by atoms with Crippen molar-refractivity contribution in [3.8, 4) is 5.75 Å². The van der Waals surface area contributed by atoms with Crippen LogP contribution in [-0.2, 0) is 0 Å². The van der Waals surface area contributed by atoms with E-state index >= 15 is 0 Å². The number of benzene rings is 2. The Morgan fingerprint density at radius 2 is 1.91 bits per heavy atom. The molecule has 1 aliphatic carbocycles. The Kier molecular flexibility index (Phi) is 4.41. The molecule has 0 aliphatic heterocycles. The van der Waals surface area contributed by atoms with Crippen LogP contribution in [0.15, 0.2) is 54.6 Å². The Labute approximate surface area is 132 Å². The zero-order valence-corrected chi connectivity index (χ0v) is 12.2. The number of carbonyl (C=O) groups is 1. The van der Waals surface area contributed by atoms with Crippen molar-refractivity contribution < 1.29 is 18.3 Å². The summed E-state index contributed by atoms with van der Waals surface area (Å²) in [6.45, 7) is -2.89. The summed E-state index contributed by atoms with van der Waals surface area (Å²) in [4.78, 5) is 12.0. The van der Waals surface area contributed by atoms with Crippen LogP contribution >= 0.6 is 0 Å². The van der Waals surface area contributed by atoms with Gasteiger partial charge in [0.05, 0.1) is 0 Å². The fourth-order valence-corrected chi connectivity index (χ4v) is 2.51. The lowest BCUT2D eigenvalue weighted by Gasteiger charge is -2.09. The predicted molar refractivity (Wildman–Crippen MR) is 82.8 cm³/mol. The van der Waals surface area contributed by atoms with E-state index in [1.54, 1.807) is 6.07 Å². The second kappa shape index (κ2) is 6.64. The SMILES string of the molecule is O=C(Nc1cccc(OC(F)F)c1)NC1CC1c1ccccc1. The zero-order chi connectivity index (χ0) is 16.2. The first-order chi connectivity index (χ1) is 11.1. The Bertz CT molecular complexity index is 679. The first kappa shape index (κ1) is 15.3. The van der Waals surface area contributed by atoms with Gasteiger partial charge in [0.2, 0.25) is 0 Å². The second-order valence-electron chi connectivity index (χ2n) is 5.36. The van der Waals surface area contributed by atoms with E-state index in [2.05, 4.69) is 15.4 Å². The number of anilines is 1. The molecule has 2 aromatic rings. The number of rotatable bonds is 5. The van der Waals surface area contributed by atoms with Gasteiger partial charge in [-0.1, -0.05) is 36.4 Å². The number of alkyl halides is 2. The van der Waals surface area contributed by atoms with Crippen LogP contribution in [0.1, 0.15) is 17.9 Å². The van der Waals surface area contributed by atoms with Crippen molar-refractivity contribution in [2.75, 3.05) is 5.32 Å². The molecule has 2 unspecified atom stereocenters. The molecular formula is C17H16F2N2O2. The van der Waals surface area contributed by atoms with Crippen molar-refractivity contribution in [3.63, 3.8) is 0 Å². The summed E-state index contributed by atoms with van der Waals surface area (Å²) in [5, 5.41) is 5.50. The number of urea groups is 1. The Morgan fingerprint density at radius 3 is 2.65 bits per heavy atom. The molecule has 2 N–H and O–H groups in total. The quantitative estimate of drug-likeness (QED) is 0.876. The van der Waals surface area contributed by atoms with Crippen molar-refractivity contribution in [1.82, 2.24) is 5.32 Å². The van der Waals surface area contributed by atoms with Gasteiger partial charge in [-0.3, -0.25) is 0 Å². The van der Waals surface area contributed by atoms with Crippen LogP contribution in [0.2, 0.25) is 0 Å². The average Bonchev–Trinajstić information content (AvgIpc) is 3.27. The van der Waals surface area contributed by atoms with E-state index < -0.39 is 6.61 Å². The third kappa shape index (κ3) is 4.18. The molecule has 23 heavy (non-hydrogen) atoms. The maximum atomic E-state index is 12.2. The average molecular weight is 318 g/mol. The van der Waals surface area contributed by atoms with Crippen molar-refractivity contribution >= 4 is 11.7 Å². The van der Waals surface area contributed by atoms with Gasteiger partial charge in [0.1, 0.15) is 5.75 Å². The molecule has 0 spiro atoms. The maximum absolute atomic E-state index is 12.2. The third-order valence-corrected chi connectivity index (χ3v) is 3.65. The van der Waals surface area contributed by atoms with Crippen molar-refractivity contribution in [2.24, 2.45) is 0 Å². The van der Waals surface area contributed by atoms with Gasteiger partial charge in [-0.2, -0.15) is 8.78 Å². The fourth-order valence-electron chi connectivity index (χ4n) is 2.51. The van der Waals surface area contributed by atoms with E-state index in [1.165, 1.54) is 23.8 Å². The van der Waals surface area contributed by atoms with Gasteiger partial charge in [0.15, 0.2) is 0 Å². The van der Waals surface area contributed by atoms with Crippen LogP contribution in [0.3, 0.4) is 0 Å². The summed E-state index contributed by atoms with van der Waals surface area (Å²) in [6.07, 6.45) is 0.895. The van der Waals surface area contributed by atoms with E-state index in [1.807, 2.05) is 30.3 Å². The van der Waals surface area contributed by atoms with E-state index in [-0.39, 0.29) is 17.8 Å². The lowest BCUT2D eigenvalue weighted by atomic mass is 10.1. The minimum absolute atomic E-state index is 0.00591. The summed E-state index contributed by atoms with van der Waals surface area (Å²) in [6, 6.07) is 15.6. The highest BCUT2D eigenvalue weighted by atomic mass is 19.3. The molecule has 3 rings (SSSR count). The molecule has 2 amide bonds. The molecule has 1 aliphatic rings. The molecule has 4 nitrogen and oxygen atoms in total. The van der Waals surface area contributed by atoms with Gasteiger partial charge in [-0.15, -0.1) is 0 Å². The summed E-state index contributed by atoms with van der Waals surface area (Å²) in [5.74, 6) is 0.335. The maximum Gasteiger partial charge on any atom is 0.387 e. The number of nitrogens with one attached hydrogen (secondary N) is 2. The zero-order valence-electron chi connectivity index (χ0n) is 12.2. The Balaban J connectivity index is 1.52. The number of carbonyl (C=O) groups excluding carboxylic acids is 1. The normalized spacial score (nSPS) is 19.3. The van der Waals surface area contributed by atoms with E-state index in [0.717, 1.165) is 6.42 Å². The summed E-state index contributed by atoms with van der Waals surface area (Å²) in [7, 11) is 0. The highest BCUT2D eigenvalue weighted by Gasteiger charge is 2.39. The summed E-state index contributed by atoms with van der Waals surface area (Å²) in [5.41, 5.74) is 1.60. The topological polar surface area (TPSA) is 50.4 Å². The van der Waals surface area contributed by atoms with Crippen LogP contribution in [0.25, 0.3) is 0 Å². The summed E-state index contributed by atoms with van der Waals surface area (Å²) < 4.78 is 28.7. The number of ether oxygens (including phenoxy) is 1. The van der Waals surface area contributed by atoms with Crippen LogP contribution in [-0.4, -0.2) is 18.7 Å². The van der Waals surface area contributed by atoms with Gasteiger partial charge < -0.3 is 15.4 Å². The lowest BCUT2D eigenvalue weighted by molar-refractivity contribution is -0.0497. The van der Waals surface area contributed by atoms with E-state index in [9.17, 15) is 13.6 Å². The van der Waals surface area contributed by atoms with Crippen LogP contribution in [0.4, 0.5) is 19.3 Å². The van der Waals surface area contributed by atoms with Crippen LogP contribution in [0, 0.1) is 0 Å². The van der Waals surface area contributed by atoms with Crippen molar-refractivity contribution in [2.45, 2.75) is 25.0 Å². The first-order valence-corrected chi connectivity index (χ1v) is 7.29. The molecule has 0 heterocycles. The predicted octanol–water partition coefficient (Wildman–Crippen LogP) is 3.97. The van der Waals surface area contributed by atoms with E-state index in [0.29, 0.717) is 11.6 Å². The van der Waals surface area contributed by atoms with Gasteiger partial charge in [-0.05, 0) is 24.1 Å². The molecule has 1 fully saturated rings. The lowest BCUT2D eigenvalue weighted by Crippen LogP contribution is -2.31. The molecular weight excluding hydrogens is 302 g/mol. The molecule has 0 bridgehead atoms. The second-order valence-corrected chi connectivity index (χ2v) is 5.36. The number of amides is 2. The number of hydrogen-bond acceptors (Lipinski definition) is 2. The number of halogens is 2. The molecule has 2 atom stereocenters. The van der Waals surface area contributed by atoms with Gasteiger partial charge >= 0.3 is 12.6 Å². The molecule has 0 radical (unpaired) electrons. The molecule has 6 heteroatoms. The standard InChI is InChI=1S/C17H16F2N2O2/c18-16(19)23-13-8-4-7-12(9-13)20-17(22)21-15-10-14(15)11-5-2-1-3-6-11/h1-9,14-16H,10H2,(H2,20,21,22). The fraction of sp³-hybridized carbons (Fsp3) is 0.235. The van der Waals surface area contributed by atoms with Crippen LogP contribution < -0.4 is 15.4 Å². The Morgan fingerprint density at radius 1 is 1.13 bits per heavy atom. The first-order valence-electron chi connectivity index (χ1n) is 7.29. The summed E-state index contributed by atoms with van der Waals surface area (Å²) >= 11 is 0. The minimum atomic E-state index is -2.89. The van der Waals surface area contributed by atoms with Gasteiger partial charge in [-0.25, -0.2) is 4.79 Å². The Hall–Kier alpha value is -2.63. The van der Waals surface area contributed by atoms with Gasteiger partial charge in [0, 0.05) is 23.7 Å². The molecule has 1 saturated carbocycles. The van der Waals surface area contributed by atoms with Crippen molar-refractivity contribution in [1.29, 1.82) is 0 Å². The molecule has 0 saturated heterocycles. The van der Waals surface area contributed by atoms with Crippen molar-refractivity contribution in [3.05, 3.63) is 60.2 Å². The smallest absolute Gasteiger partial charge is 0.387 e. The van der Waals surface area contributed by atoms with E-state index in [4.69, 9.17) is 0 Å². The third-order valence-electron chi connectivity index (χ3n) is 3.65. The van der Waals surface area contributed by atoms with Crippen LogP contribution in [0.5, 0.6) is 5.75 Å². The molecule has 2 aromatic carbocycles. The highest BCUT2D eigenvalue weighted by Crippen LogP contribution is 2.40. The largest absolute Gasteiger partial charge is 0.435 e. The highest BCUT2D eigenvalue weighted by molar-refractivity contribution is 5.90. The molecule has 0 aromatic heterocycles.